The zero-order valence-corrected chi connectivity index (χ0v) is 11.3. The van der Waals surface area contributed by atoms with Crippen LogP contribution in [0.2, 0.25) is 0 Å². The Morgan fingerprint density at radius 2 is 1.79 bits per heavy atom. The highest BCUT2D eigenvalue weighted by molar-refractivity contribution is 6.33. The molecule has 0 aromatic carbocycles. The van der Waals surface area contributed by atoms with Gasteiger partial charge in [-0.2, -0.15) is 0 Å². The fraction of sp³-hybridized carbons (Fsp3) is 0.800. The standard InChI is InChI=1S/C10H14Cl4/c1-9(3-4-11)6-10(2,14)8(13)5-7(9)12/h3-4,7-8H,5-6H2,1-2H3/b4-3-/t7-,8+,9+,10+/m0/s1. The lowest BCUT2D eigenvalue weighted by Gasteiger charge is -2.45. The van der Waals surface area contributed by atoms with Crippen LogP contribution in [0.4, 0.5) is 0 Å². The zero-order valence-electron chi connectivity index (χ0n) is 8.24. The molecule has 1 rings (SSSR count). The van der Waals surface area contributed by atoms with Crippen LogP contribution in [0, 0.1) is 5.41 Å². The molecule has 0 spiro atoms. The van der Waals surface area contributed by atoms with Crippen LogP contribution < -0.4 is 0 Å². The van der Waals surface area contributed by atoms with Crippen molar-refractivity contribution in [2.24, 2.45) is 5.41 Å². The molecule has 0 radical (unpaired) electrons. The lowest BCUT2D eigenvalue weighted by Crippen LogP contribution is -2.47. The van der Waals surface area contributed by atoms with Gasteiger partial charge in [0.2, 0.25) is 0 Å². The highest BCUT2D eigenvalue weighted by Crippen LogP contribution is 2.49. The zero-order chi connectivity index (χ0) is 11.0. The number of hydrogen-bond donors (Lipinski definition) is 0. The van der Waals surface area contributed by atoms with Gasteiger partial charge in [0, 0.05) is 16.3 Å². The normalized spacial score (nSPS) is 49.9. The molecular weight excluding hydrogens is 262 g/mol. The van der Waals surface area contributed by atoms with Gasteiger partial charge in [0.15, 0.2) is 0 Å². The quantitative estimate of drug-likeness (QED) is 0.606. The predicted octanol–water partition coefficient (Wildman–Crippen LogP) is 4.75. The molecule has 1 aliphatic carbocycles. The lowest BCUT2D eigenvalue weighted by atomic mass is 9.70. The van der Waals surface area contributed by atoms with E-state index in [4.69, 9.17) is 46.4 Å². The van der Waals surface area contributed by atoms with Crippen LogP contribution in [0.25, 0.3) is 0 Å². The maximum absolute atomic E-state index is 6.34. The summed E-state index contributed by atoms with van der Waals surface area (Å²) in [5, 5.41) is -0.0877. The molecule has 0 aliphatic heterocycles. The second-order valence-corrected chi connectivity index (χ2v) is 6.59. The van der Waals surface area contributed by atoms with Crippen LogP contribution in [0.5, 0.6) is 0 Å². The SMILES string of the molecule is C[C@@]1(Cl)C[C@@](C)(/C=C\Cl)[C@@H](Cl)C[C@H]1Cl. The first kappa shape index (κ1) is 13.0. The molecule has 0 amide bonds. The molecule has 1 fully saturated rings. The van der Waals surface area contributed by atoms with Crippen molar-refractivity contribution >= 4 is 46.4 Å². The minimum atomic E-state index is -0.405. The third-order valence-corrected chi connectivity index (χ3v) is 4.92. The Morgan fingerprint density at radius 1 is 1.21 bits per heavy atom. The number of alkyl halides is 3. The Bertz CT molecular complexity index is 236. The lowest BCUT2D eigenvalue weighted by molar-refractivity contribution is 0.253. The van der Waals surface area contributed by atoms with Gasteiger partial charge in [-0.25, -0.2) is 0 Å². The Labute approximate surface area is 106 Å². The molecular formula is C10H14Cl4. The molecule has 0 saturated heterocycles. The summed E-state index contributed by atoms with van der Waals surface area (Å²) >= 11 is 24.4. The topological polar surface area (TPSA) is 0 Å². The number of rotatable bonds is 1. The number of hydrogen-bond acceptors (Lipinski definition) is 0. The predicted molar refractivity (Wildman–Crippen MR) is 65.9 cm³/mol. The average Bonchev–Trinajstić information content (AvgIpc) is 2.01. The summed E-state index contributed by atoms with van der Waals surface area (Å²) in [5.41, 5.74) is 1.35. The van der Waals surface area contributed by atoms with E-state index >= 15 is 0 Å². The third-order valence-electron chi connectivity index (χ3n) is 2.95. The molecule has 0 N–H and O–H groups in total. The van der Waals surface area contributed by atoms with Gasteiger partial charge in [0.25, 0.3) is 0 Å². The van der Waals surface area contributed by atoms with Crippen LogP contribution in [0.3, 0.4) is 0 Å². The van der Waals surface area contributed by atoms with E-state index in [9.17, 15) is 0 Å². The van der Waals surface area contributed by atoms with Crippen LogP contribution in [-0.2, 0) is 0 Å². The summed E-state index contributed by atoms with van der Waals surface area (Å²) in [5.74, 6) is 0. The van der Waals surface area contributed by atoms with Gasteiger partial charge < -0.3 is 0 Å². The maximum atomic E-state index is 6.34. The Balaban J connectivity index is 2.89. The van der Waals surface area contributed by atoms with Crippen molar-refractivity contribution in [2.75, 3.05) is 0 Å². The van der Waals surface area contributed by atoms with Crippen molar-refractivity contribution in [2.45, 2.75) is 42.3 Å². The van der Waals surface area contributed by atoms with E-state index < -0.39 is 4.87 Å². The molecule has 0 heterocycles. The van der Waals surface area contributed by atoms with E-state index in [-0.39, 0.29) is 16.2 Å². The maximum Gasteiger partial charge on any atom is 0.0591 e. The van der Waals surface area contributed by atoms with Crippen molar-refractivity contribution < 1.29 is 0 Å². The molecule has 0 aromatic heterocycles. The molecule has 0 bridgehead atoms. The van der Waals surface area contributed by atoms with E-state index in [1.54, 1.807) is 0 Å². The Morgan fingerprint density at radius 3 is 2.29 bits per heavy atom. The summed E-state index contributed by atoms with van der Waals surface area (Å²) < 4.78 is 0. The van der Waals surface area contributed by atoms with Gasteiger partial charge in [-0.3, -0.25) is 0 Å². The first-order chi connectivity index (χ1) is 6.32. The monoisotopic (exact) mass is 274 g/mol. The Kier molecular flexibility index (Phi) is 4.09. The highest BCUT2D eigenvalue weighted by Gasteiger charge is 2.47. The molecule has 0 nitrogen and oxygen atoms in total. The molecule has 1 saturated carbocycles. The van der Waals surface area contributed by atoms with Gasteiger partial charge >= 0.3 is 0 Å². The van der Waals surface area contributed by atoms with E-state index in [0.717, 1.165) is 6.42 Å². The smallest absolute Gasteiger partial charge is 0.0591 e. The van der Waals surface area contributed by atoms with Crippen LogP contribution in [-0.4, -0.2) is 15.6 Å². The van der Waals surface area contributed by atoms with E-state index in [1.165, 1.54) is 5.54 Å². The first-order valence-corrected chi connectivity index (χ1v) is 6.25. The largest absolute Gasteiger partial charge is 0.122 e. The molecule has 0 unspecified atom stereocenters. The number of halogens is 4. The molecule has 82 valence electrons. The van der Waals surface area contributed by atoms with Gasteiger partial charge in [-0.1, -0.05) is 24.6 Å². The second kappa shape index (κ2) is 4.41. The Hall–Kier alpha value is 0.900. The fourth-order valence-electron chi connectivity index (χ4n) is 1.97. The number of allylic oxidation sites excluding steroid dienone is 1. The van der Waals surface area contributed by atoms with Crippen molar-refractivity contribution in [1.29, 1.82) is 0 Å². The van der Waals surface area contributed by atoms with Crippen LogP contribution >= 0.6 is 46.4 Å². The summed E-state index contributed by atoms with van der Waals surface area (Å²) in [7, 11) is 0. The minimum Gasteiger partial charge on any atom is -0.122 e. The second-order valence-electron chi connectivity index (χ2n) is 4.42. The molecule has 4 atom stereocenters. The first-order valence-electron chi connectivity index (χ1n) is 4.57. The van der Waals surface area contributed by atoms with Crippen molar-refractivity contribution in [3.63, 3.8) is 0 Å². The van der Waals surface area contributed by atoms with Crippen LogP contribution in [0.15, 0.2) is 11.6 Å². The third kappa shape index (κ3) is 2.52. The van der Waals surface area contributed by atoms with Crippen molar-refractivity contribution in [1.82, 2.24) is 0 Å². The summed E-state index contributed by atoms with van der Waals surface area (Å²) in [6.07, 6.45) is 3.36. The molecule has 4 heteroatoms. The van der Waals surface area contributed by atoms with E-state index in [2.05, 4.69) is 6.92 Å². The molecule has 0 aromatic rings. The van der Waals surface area contributed by atoms with E-state index in [0.29, 0.717) is 6.42 Å². The highest BCUT2D eigenvalue weighted by atomic mass is 35.5. The van der Waals surface area contributed by atoms with Gasteiger partial charge in [0.05, 0.1) is 10.3 Å². The summed E-state index contributed by atoms with van der Waals surface area (Å²) in [6.45, 7) is 4.02. The van der Waals surface area contributed by atoms with Crippen molar-refractivity contribution in [3.8, 4) is 0 Å². The van der Waals surface area contributed by atoms with Gasteiger partial charge in [-0.05, 0) is 19.8 Å². The summed E-state index contributed by atoms with van der Waals surface area (Å²) in [4.78, 5) is -0.405. The minimum absolute atomic E-state index is 0.00757. The van der Waals surface area contributed by atoms with Crippen molar-refractivity contribution in [3.05, 3.63) is 11.6 Å². The summed E-state index contributed by atoms with van der Waals surface area (Å²) in [6, 6.07) is 0. The van der Waals surface area contributed by atoms with Crippen LogP contribution in [0.1, 0.15) is 26.7 Å². The van der Waals surface area contributed by atoms with E-state index in [1.807, 2.05) is 13.0 Å². The molecule has 14 heavy (non-hydrogen) atoms. The molecule has 1 aliphatic rings. The average molecular weight is 276 g/mol. The fourth-order valence-corrected chi connectivity index (χ4v) is 3.31. The van der Waals surface area contributed by atoms with Gasteiger partial charge in [0.1, 0.15) is 0 Å². The van der Waals surface area contributed by atoms with Gasteiger partial charge in [-0.15, -0.1) is 34.8 Å².